The summed E-state index contributed by atoms with van der Waals surface area (Å²) >= 11 is 0. The van der Waals surface area contributed by atoms with Crippen LogP contribution in [0, 0.1) is 32.1 Å². The molecule has 0 radical (unpaired) electrons. The third-order valence-corrected chi connectivity index (χ3v) is 10.4. The Morgan fingerprint density at radius 2 is 0.776 bits per heavy atom. The Morgan fingerprint density at radius 3 is 1.21 bits per heavy atom. The van der Waals surface area contributed by atoms with E-state index in [0.717, 1.165) is 67.2 Å². The summed E-state index contributed by atoms with van der Waals surface area (Å²) in [5.74, 6) is 0.237. The highest BCUT2D eigenvalue weighted by atomic mass is 16.3. The molecule has 8 aromatic carbocycles. The van der Waals surface area contributed by atoms with Crippen molar-refractivity contribution in [3.63, 3.8) is 0 Å². The van der Waals surface area contributed by atoms with E-state index in [2.05, 4.69) is 194 Å². The Morgan fingerprint density at radius 1 is 0.414 bits per heavy atom. The minimum absolute atomic E-state index is 0.237. The van der Waals surface area contributed by atoms with Crippen molar-refractivity contribution in [3.05, 3.63) is 220 Å². The number of anilines is 6. The monoisotopic (exact) mass is 749 g/mol. The molecule has 1 N–H and O–H groups in total. The van der Waals surface area contributed by atoms with E-state index >= 15 is 0 Å². The third kappa shape index (κ3) is 8.31. The van der Waals surface area contributed by atoms with Gasteiger partial charge < -0.3 is 14.9 Å². The summed E-state index contributed by atoms with van der Waals surface area (Å²) in [6, 6.07) is 62.7. The van der Waals surface area contributed by atoms with Crippen LogP contribution in [0.3, 0.4) is 0 Å². The molecule has 0 saturated heterocycles. The van der Waals surface area contributed by atoms with Gasteiger partial charge in [-0.2, -0.15) is 5.26 Å². The smallest absolute Gasteiger partial charge is 0.115 e. The van der Waals surface area contributed by atoms with Crippen LogP contribution < -0.4 is 9.80 Å². The fraction of sp³-hybridized carbons (Fsp3) is 0.0556. The van der Waals surface area contributed by atoms with E-state index in [-0.39, 0.29) is 5.75 Å². The van der Waals surface area contributed by atoms with Crippen LogP contribution >= 0.6 is 0 Å². The zero-order chi connectivity index (χ0) is 40.0. The Labute approximate surface area is 341 Å². The van der Waals surface area contributed by atoms with Gasteiger partial charge in [-0.3, -0.25) is 0 Å². The molecule has 0 aliphatic rings. The molecule has 8 rings (SSSR count). The van der Waals surface area contributed by atoms with E-state index in [9.17, 15) is 10.4 Å². The number of nitriles is 1. The van der Waals surface area contributed by atoms with Gasteiger partial charge in [-0.15, -0.1) is 0 Å². The molecule has 0 aliphatic carbocycles. The van der Waals surface area contributed by atoms with Crippen molar-refractivity contribution in [2.24, 2.45) is 0 Å². The highest BCUT2D eigenvalue weighted by molar-refractivity contribution is 5.94. The van der Waals surface area contributed by atoms with Crippen LogP contribution in [0.4, 0.5) is 34.1 Å². The van der Waals surface area contributed by atoms with Gasteiger partial charge in [0.05, 0.1) is 5.56 Å². The number of benzene rings is 8. The summed E-state index contributed by atoms with van der Waals surface area (Å²) in [6.07, 6.45) is 8.31. The number of fused-ring (bicyclic) bond motifs is 1. The van der Waals surface area contributed by atoms with Crippen LogP contribution in [0.5, 0.6) is 5.75 Å². The van der Waals surface area contributed by atoms with Crippen molar-refractivity contribution in [1.82, 2.24) is 0 Å². The Bertz CT molecular complexity index is 2680. The number of phenolic OH excluding ortho intramolecular Hbond substituents is 1. The SMILES string of the molecule is Cc1ccc(N(c2ccc(C)cc2)c2ccc(/C=C/c3ccc4cc(/C=C/c5ccc(N(c6ccc(C)cc6)c6ccc(O)cc6)cc5)ccc4c3C#N)cc2)cc1. The van der Waals surface area contributed by atoms with Gasteiger partial charge in [0.15, 0.2) is 0 Å². The average Bonchev–Trinajstić information content (AvgIpc) is 3.25. The second kappa shape index (κ2) is 16.6. The van der Waals surface area contributed by atoms with Crippen molar-refractivity contribution >= 4 is 69.2 Å². The van der Waals surface area contributed by atoms with E-state index in [0.29, 0.717) is 5.56 Å². The van der Waals surface area contributed by atoms with E-state index in [1.165, 1.54) is 16.7 Å². The van der Waals surface area contributed by atoms with Gasteiger partial charge in [0.2, 0.25) is 0 Å². The lowest BCUT2D eigenvalue weighted by molar-refractivity contribution is 0.475. The number of aryl methyl sites for hydroxylation is 3. The maximum atomic E-state index is 10.3. The molecule has 0 bridgehead atoms. The first-order valence-corrected chi connectivity index (χ1v) is 19.4. The van der Waals surface area contributed by atoms with Crippen molar-refractivity contribution in [1.29, 1.82) is 5.26 Å². The summed E-state index contributed by atoms with van der Waals surface area (Å²) in [7, 11) is 0. The van der Waals surface area contributed by atoms with E-state index in [1.54, 1.807) is 12.1 Å². The Balaban J connectivity index is 0.994. The van der Waals surface area contributed by atoms with Gasteiger partial charge >= 0.3 is 0 Å². The lowest BCUT2D eigenvalue weighted by Gasteiger charge is -2.25. The molecule has 280 valence electrons. The van der Waals surface area contributed by atoms with Crippen molar-refractivity contribution < 1.29 is 5.11 Å². The van der Waals surface area contributed by atoms with Gasteiger partial charge in [0.25, 0.3) is 0 Å². The Kier molecular flexibility index (Phi) is 10.7. The number of aromatic hydroxyl groups is 1. The molecular weight excluding hydrogens is 707 g/mol. The zero-order valence-electron chi connectivity index (χ0n) is 32.8. The largest absolute Gasteiger partial charge is 0.508 e. The summed E-state index contributed by atoms with van der Waals surface area (Å²) in [5.41, 5.74) is 14.7. The standard InChI is InChI=1S/C54H43N3O/c1-38-4-21-46(22-5-38)56(47-23-6-39(2)7-24-47)49-29-15-42(16-30-49)12-18-44-19-20-45-36-43(17-35-53(45)54(44)37-55)11-10-41-13-27-50(28-14-41)57(48-25-8-40(3)9-26-48)51-31-33-52(58)34-32-51/h4-36,58H,1-3H3/b11-10+,18-12+. The quantitative estimate of drug-likeness (QED) is 0.141. The van der Waals surface area contributed by atoms with Crippen LogP contribution in [-0.4, -0.2) is 5.11 Å². The van der Waals surface area contributed by atoms with E-state index in [1.807, 2.05) is 30.3 Å². The van der Waals surface area contributed by atoms with E-state index in [4.69, 9.17) is 0 Å². The number of nitrogens with zero attached hydrogens (tertiary/aromatic N) is 3. The molecule has 0 atom stereocenters. The molecule has 58 heavy (non-hydrogen) atoms. The number of rotatable bonds is 10. The average molecular weight is 750 g/mol. The first kappa shape index (κ1) is 37.3. The van der Waals surface area contributed by atoms with Crippen molar-refractivity contribution in [2.45, 2.75) is 20.8 Å². The third-order valence-electron chi connectivity index (χ3n) is 10.4. The van der Waals surface area contributed by atoms with Gasteiger partial charge in [-0.25, -0.2) is 0 Å². The number of phenols is 1. The number of hydrogen-bond acceptors (Lipinski definition) is 4. The molecule has 0 saturated carbocycles. The predicted molar refractivity (Wildman–Crippen MR) is 245 cm³/mol. The molecule has 8 aromatic rings. The molecule has 0 aromatic heterocycles. The molecule has 0 unspecified atom stereocenters. The van der Waals surface area contributed by atoms with Gasteiger partial charge in [0, 0.05) is 39.5 Å². The second-order valence-corrected chi connectivity index (χ2v) is 14.7. The maximum Gasteiger partial charge on any atom is 0.115 e. The summed E-state index contributed by atoms with van der Waals surface area (Å²) < 4.78 is 0. The van der Waals surface area contributed by atoms with Crippen LogP contribution in [0.15, 0.2) is 176 Å². The van der Waals surface area contributed by atoms with E-state index < -0.39 is 0 Å². The lowest BCUT2D eigenvalue weighted by atomic mass is 9.97. The highest BCUT2D eigenvalue weighted by Gasteiger charge is 2.14. The van der Waals surface area contributed by atoms with Gasteiger partial charge in [0.1, 0.15) is 11.8 Å². The molecule has 4 nitrogen and oxygen atoms in total. The fourth-order valence-corrected chi connectivity index (χ4v) is 7.16. The molecule has 0 heterocycles. The molecular formula is C54H43N3O. The van der Waals surface area contributed by atoms with Crippen LogP contribution in [0.25, 0.3) is 35.1 Å². The fourth-order valence-electron chi connectivity index (χ4n) is 7.16. The minimum Gasteiger partial charge on any atom is -0.508 e. The topological polar surface area (TPSA) is 50.5 Å². The highest BCUT2D eigenvalue weighted by Crippen LogP contribution is 2.37. The minimum atomic E-state index is 0.237. The van der Waals surface area contributed by atoms with Gasteiger partial charge in [-0.1, -0.05) is 126 Å². The second-order valence-electron chi connectivity index (χ2n) is 14.7. The lowest BCUT2D eigenvalue weighted by Crippen LogP contribution is -2.09. The van der Waals surface area contributed by atoms with Crippen LogP contribution in [-0.2, 0) is 0 Å². The Hall–Kier alpha value is -7.61. The van der Waals surface area contributed by atoms with Crippen molar-refractivity contribution in [3.8, 4) is 11.8 Å². The molecule has 4 heteroatoms. The van der Waals surface area contributed by atoms with Crippen LogP contribution in [0.1, 0.15) is 44.5 Å². The summed E-state index contributed by atoms with van der Waals surface area (Å²) in [5, 5.41) is 22.1. The summed E-state index contributed by atoms with van der Waals surface area (Å²) in [6.45, 7) is 6.29. The normalized spacial score (nSPS) is 11.3. The molecule has 0 aliphatic heterocycles. The molecule has 0 spiro atoms. The van der Waals surface area contributed by atoms with Crippen LogP contribution in [0.2, 0.25) is 0 Å². The molecule has 0 amide bonds. The van der Waals surface area contributed by atoms with Crippen molar-refractivity contribution in [2.75, 3.05) is 9.80 Å². The van der Waals surface area contributed by atoms with Gasteiger partial charge in [-0.05, 0) is 139 Å². The summed E-state index contributed by atoms with van der Waals surface area (Å²) in [4.78, 5) is 4.44. The maximum absolute atomic E-state index is 10.3. The first-order valence-electron chi connectivity index (χ1n) is 19.4. The zero-order valence-corrected chi connectivity index (χ0v) is 32.8. The first-order chi connectivity index (χ1) is 28.3. The number of hydrogen-bond donors (Lipinski definition) is 1. The predicted octanol–water partition coefficient (Wildman–Crippen LogP) is 14.6. The molecule has 0 fully saturated rings.